The molecule has 0 aliphatic carbocycles. The summed E-state index contributed by atoms with van der Waals surface area (Å²) >= 11 is 0. The van der Waals surface area contributed by atoms with Crippen molar-refractivity contribution in [3.63, 3.8) is 0 Å². The molecule has 0 saturated carbocycles. The van der Waals surface area contributed by atoms with Crippen molar-refractivity contribution in [2.24, 2.45) is 5.92 Å². The minimum atomic E-state index is 0.0640. The van der Waals surface area contributed by atoms with Crippen LogP contribution in [0.5, 0.6) is 5.75 Å². The number of hydrogen-bond acceptors (Lipinski definition) is 4. The molecule has 2 aliphatic heterocycles. The average molecular weight is 514 g/mol. The van der Waals surface area contributed by atoms with E-state index < -0.39 is 0 Å². The topological polar surface area (TPSA) is 44.8 Å². The molecule has 0 spiro atoms. The Labute approximate surface area is 221 Å². The van der Waals surface area contributed by atoms with E-state index in [1.54, 1.807) is 7.11 Å². The molecule has 1 aromatic carbocycles. The van der Waals surface area contributed by atoms with Crippen LogP contribution in [0, 0.1) is 12.8 Å². The summed E-state index contributed by atoms with van der Waals surface area (Å²) in [7, 11) is 2.18. The van der Waals surface area contributed by atoms with Gasteiger partial charge in [0.05, 0.1) is 18.6 Å². The number of carbonyl (C=O) groups excluding carboxylic acids is 1. The summed E-state index contributed by atoms with van der Waals surface area (Å²) in [5, 5.41) is 4.82. The molecule has 1 N–H and O–H groups in total. The molecule has 1 fully saturated rings. The Balaban J connectivity index is 0.000000830. The van der Waals surface area contributed by atoms with Crippen molar-refractivity contribution in [1.82, 2.24) is 15.1 Å². The molecular formula is C30H48N3O2P. The first-order valence-electron chi connectivity index (χ1n) is 13.5. The molecule has 1 saturated heterocycles. The third-order valence-electron chi connectivity index (χ3n) is 6.96. The largest absolute Gasteiger partial charge is 0.496 e. The average Bonchev–Trinajstić information content (AvgIpc) is 2.88. The van der Waals surface area contributed by atoms with Crippen LogP contribution >= 0.6 is 8.58 Å². The number of rotatable bonds is 9. The normalized spacial score (nSPS) is 19.2. The van der Waals surface area contributed by atoms with E-state index >= 15 is 0 Å². The minimum absolute atomic E-state index is 0.0640. The second-order valence-electron chi connectivity index (χ2n) is 10.0. The van der Waals surface area contributed by atoms with Crippen molar-refractivity contribution in [1.29, 1.82) is 0 Å². The zero-order valence-corrected chi connectivity index (χ0v) is 24.7. The lowest BCUT2D eigenvalue weighted by atomic mass is 10.0. The maximum Gasteiger partial charge on any atom is 0.214 e. The first-order valence-corrected chi connectivity index (χ1v) is 14.5. The van der Waals surface area contributed by atoms with Crippen LogP contribution < -0.4 is 10.1 Å². The van der Waals surface area contributed by atoms with E-state index in [-0.39, 0.29) is 5.78 Å². The number of likely N-dealkylation sites (tertiary alicyclic amines) is 1. The molecule has 3 rings (SSSR count). The number of aryl methyl sites for hydroxylation is 1. The smallest absolute Gasteiger partial charge is 0.214 e. The van der Waals surface area contributed by atoms with Gasteiger partial charge in [0, 0.05) is 25.3 Å². The molecule has 2 unspecified atom stereocenters. The van der Waals surface area contributed by atoms with E-state index in [0.29, 0.717) is 14.6 Å². The van der Waals surface area contributed by atoms with Gasteiger partial charge in [-0.15, -0.1) is 0 Å². The van der Waals surface area contributed by atoms with Gasteiger partial charge in [-0.1, -0.05) is 54.8 Å². The van der Waals surface area contributed by atoms with E-state index in [2.05, 4.69) is 83.0 Å². The van der Waals surface area contributed by atoms with Crippen molar-refractivity contribution in [2.45, 2.75) is 79.6 Å². The minimum Gasteiger partial charge on any atom is -0.496 e. The summed E-state index contributed by atoms with van der Waals surface area (Å²) in [5.74, 6) is 1.85. The standard InChI is InChI=1S/C25H36N3O2P.C5H12/c1-6-24(20-8-9-23(30-5)18(3)14-20)31-25-19(4)15-22(16-28(25)17-29)27-12-10-21(11-13-27)26-7-2;1-4-5(2)3/h6,8-9,14-17,21,25-26,31H,7,10-13H2,1-5H3;5H,4H2,1-3H3/b24-6-;. The molecule has 36 heavy (non-hydrogen) atoms. The van der Waals surface area contributed by atoms with Gasteiger partial charge < -0.3 is 19.9 Å². The number of amides is 1. The Morgan fingerprint density at radius 1 is 1.22 bits per heavy atom. The van der Waals surface area contributed by atoms with Gasteiger partial charge in [-0.3, -0.25) is 4.79 Å². The molecule has 2 heterocycles. The van der Waals surface area contributed by atoms with Crippen molar-refractivity contribution in [2.75, 3.05) is 26.7 Å². The maximum atomic E-state index is 12.0. The lowest BCUT2D eigenvalue weighted by Gasteiger charge is -2.38. The molecule has 5 nitrogen and oxygen atoms in total. The predicted octanol–water partition coefficient (Wildman–Crippen LogP) is 6.76. The van der Waals surface area contributed by atoms with Crippen LogP contribution in [-0.4, -0.2) is 54.8 Å². The van der Waals surface area contributed by atoms with Crippen LogP contribution in [0.3, 0.4) is 0 Å². The first-order chi connectivity index (χ1) is 17.3. The van der Waals surface area contributed by atoms with Gasteiger partial charge in [0.15, 0.2) is 0 Å². The fourth-order valence-electron chi connectivity index (χ4n) is 4.42. The van der Waals surface area contributed by atoms with Gasteiger partial charge in [0.25, 0.3) is 0 Å². The maximum absolute atomic E-state index is 12.0. The van der Waals surface area contributed by atoms with E-state index in [1.807, 2.05) is 17.2 Å². The Kier molecular flexibility index (Phi) is 12.7. The fraction of sp³-hybridized carbons (Fsp3) is 0.567. The van der Waals surface area contributed by atoms with Gasteiger partial charge in [-0.25, -0.2) is 0 Å². The number of nitrogens with one attached hydrogen (secondary N) is 1. The van der Waals surface area contributed by atoms with Crippen LogP contribution in [0.1, 0.15) is 71.9 Å². The van der Waals surface area contributed by atoms with Crippen LogP contribution in [0.2, 0.25) is 0 Å². The zero-order chi connectivity index (χ0) is 26.7. The summed E-state index contributed by atoms with van der Waals surface area (Å²) in [6, 6.07) is 6.91. The van der Waals surface area contributed by atoms with Crippen LogP contribution in [0.4, 0.5) is 0 Å². The Morgan fingerprint density at radius 2 is 1.89 bits per heavy atom. The highest BCUT2D eigenvalue weighted by atomic mass is 31.1. The van der Waals surface area contributed by atoms with E-state index in [4.69, 9.17) is 4.74 Å². The summed E-state index contributed by atoms with van der Waals surface area (Å²) in [5.41, 5.74) is 4.71. The molecular weight excluding hydrogens is 465 g/mol. The molecule has 1 aromatic rings. The van der Waals surface area contributed by atoms with Gasteiger partial charge in [0.1, 0.15) is 5.75 Å². The van der Waals surface area contributed by atoms with E-state index in [0.717, 1.165) is 61.8 Å². The zero-order valence-electron chi connectivity index (χ0n) is 23.7. The quantitative estimate of drug-likeness (QED) is 0.293. The predicted molar refractivity (Wildman–Crippen MR) is 157 cm³/mol. The molecule has 6 heteroatoms. The number of ether oxygens (including phenoxy) is 1. The van der Waals surface area contributed by atoms with Gasteiger partial charge >= 0.3 is 0 Å². The highest BCUT2D eigenvalue weighted by molar-refractivity contribution is 7.51. The molecule has 0 aromatic heterocycles. The van der Waals surface area contributed by atoms with Crippen LogP contribution in [0.15, 0.2) is 47.8 Å². The number of piperidine rings is 1. The SMILES string of the molecule is C/C=C(\PC1C(C)=CC(N2CCC(NCC)CC2)=CN1C=O)c1ccc(OC)c(C)c1.CCC(C)C. The summed E-state index contributed by atoms with van der Waals surface area (Å²) < 4.78 is 5.41. The van der Waals surface area contributed by atoms with Crippen LogP contribution in [-0.2, 0) is 4.79 Å². The summed E-state index contributed by atoms with van der Waals surface area (Å²) in [6.45, 7) is 18.2. The number of benzene rings is 1. The molecule has 1 amide bonds. The third-order valence-corrected chi connectivity index (χ3v) is 8.88. The lowest BCUT2D eigenvalue weighted by molar-refractivity contribution is -0.116. The Hall–Kier alpha value is -2.10. The van der Waals surface area contributed by atoms with Gasteiger partial charge in [-0.2, -0.15) is 0 Å². The van der Waals surface area contributed by atoms with E-state index in [1.165, 1.54) is 22.9 Å². The summed E-state index contributed by atoms with van der Waals surface area (Å²) in [6.07, 6.45) is 11.1. The highest BCUT2D eigenvalue weighted by Gasteiger charge is 2.27. The molecule has 2 atom stereocenters. The monoisotopic (exact) mass is 513 g/mol. The number of carbonyl (C=O) groups is 1. The van der Waals surface area contributed by atoms with Gasteiger partial charge in [-0.05, 0) is 86.3 Å². The number of nitrogens with zero attached hydrogens (tertiary/aromatic N) is 2. The fourth-order valence-corrected chi connectivity index (χ4v) is 5.80. The summed E-state index contributed by atoms with van der Waals surface area (Å²) in [4.78, 5) is 16.3. The Morgan fingerprint density at radius 3 is 2.39 bits per heavy atom. The molecule has 0 bridgehead atoms. The van der Waals surface area contributed by atoms with Crippen molar-refractivity contribution >= 4 is 20.3 Å². The number of hydrogen-bond donors (Lipinski definition) is 1. The Bertz CT molecular complexity index is 930. The second-order valence-corrected chi connectivity index (χ2v) is 11.4. The van der Waals surface area contributed by atoms with Crippen molar-refractivity contribution < 1.29 is 9.53 Å². The number of methoxy groups -OCH3 is 1. The molecule has 200 valence electrons. The number of allylic oxidation sites excluding steroid dienone is 2. The third kappa shape index (κ3) is 8.49. The second kappa shape index (κ2) is 15.2. The van der Waals surface area contributed by atoms with Crippen LogP contribution in [0.25, 0.3) is 5.31 Å². The molecule has 2 aliphatic rings. The molecule has 0 radical (unpaired) electrons. The van der Waals surface area contributed by atoms with Crippen molar-refractivity contribution in [3.8, 4) is 5.75 Å². The van der Waals surface area contributed by atoms with E-state index in [9.17, 15) is 4.79 Å². The highest BCUT2D eigenvalue weighted by Crippen LogP contribution is 2.44. The lowest BCUT2D eigenvalue weighted by Crippen LogP contribution is -2.43. The van der Waals surface area contributed by atoms with Gasteiger partial charge in [0.2, 0.25) is 6.41 Å². The first kappa shape index (κ1) is 30.1. The van der Waals surface area contributed by atoms with Crippen molar-refractivity contribution in [3.05, 3.63) is 58.9 Å².